The van der Waals surface area contributed by atoms with Crippen molar-refractivity contribution in [3.05, 3.63) is 35.0 Å². The van der Waals surface area contributed by atoms with E-state index in [1.807, 2.05) is 0 Å². The summed E-state index contributed by atoms with van der Waals surface area (Å²) in [6.45, 7) is 0. The quantitative estimate of drug-likeness (QED) is 0.750. The third-order valence-electron chi connectivity index (χ3n) is 4.19. The first-order valence-electron chi connectivity index (χ1n) is 6.63. The predicted molar refractivity (Wildman–Crippen MR) is 68.7 cm³/mol. The van der Waals surface area contributed by atoms with Crippen LogP contribution >= 0.6 is 0 Å². The van der Waals surface area contributed by atoms with E-state index in [1.165, 1.54) is 11.3 Å². The molecule has 98 valence electrons. The molecule has 0 aromatic heterocycles. The number of ether oxygens (including phenoxy) is 3. The lowest BCUT2D eigenvalue weighted by Gasteiger charge is -2.38. The van der Waals surface area contributed by atoms with Gasteiger partial charge in [0.25, 0.3) is 0 Å². The molecular formula is C15H20O3. The Morgan fingerprint density at radius 2 is 1.94 bits per heavy atom. The summed E-state index contributed by atoms with van der Waals surface area (Å²) >= 11 is 0. The highest BCUT2D eigenvalue weighted by atomic mass is 16.5. The fraction of sp³-hybridized carbons (Fsp3) is 0.600. The third kappa shape index (κ3) is 2.02. The maximum Gasteiger partial charge on any atom is 0.105 e. The average molecular weight is 248 g/mol. The Hall–Kier alpha value is -1.38. The molecule has 0 amide bonds. The van der Waals surface area contributed by atoms with Crippen LogP contribution < -0.4 is 0 Å². The van der Waals surface area contributed by atoms with Crippen LogP contribution in [-0.4, -0.2) is 20.3 Å². The van der Waals surface area contributed by atoms with Crippen LogP contribution in [0.15, 0.2) is 35.0 Å². The van der Waals surface area contributed by atoms with Crippen LogP contribution in [0.1, 0.15) is 32.1 Å². The molecule has 3 heteroatoms. The topological polar surface area (TPSA) is 27.7 Å². The monoisotopic (exact) mass is 248 g/mol. The van der Waals surface area contributed by atoms with Crippen LogP contribution in [0.2, 0.25) is 0 Å². The van der Waals surface area contributed by atoms with Crippen molar-refractivity contribution in [2.45, 2.75) is 38.2 Å². The molecule has 3 aliphatic rings. The van der Waals surface area contributed by atoms with E-state index in [1.54, 1.807) is 14.2 Å². The van der Waals surface area contributed by atoms with E-state index >= 15 is 0 Å². The normalized spacial score (nSPS) is 30.6. The zero-order valence-corrected chi connectivity index (χ0v) is 11.1. The number of rotatable bonds is 2. The summed E-state index contributed by atoms with van der Waals surface area (Å²) in [4.78, 5) is 0. The maximum absolute atomic E-state index is 6.16. The second-order valence-corrected chi connectivity index (χ2v) is 5.22. The number of hydrogen-bond donors (Lipinski definition) is 0. The highest BCUT2D eigenvalue weighted by molar-refractivity contribution is 5.27. The van der Waals surface area contributed by atoms with Crippen LogP contribution in [0.3, 0.4) is 0 Å². The molecule has 2 atom stereocenters. The Bertz CT molecular complexity index is 423. The largest absolute Gasteiger partial charge is 0.501 e. The number of methoxy groups -OCH3 is 2. The van der Waals surface area contributed by atoms with E-state index in [2.05, 4.69) is 12.2 Å². The number of allylic oxidation sites excluding steroid dienone is 3. The molecule has 2 aliphatic carbocycles. The van der Waals surface area contributed by atoms with E-state index in [9.17, 15) is 0 Å². The first-order valence-corrected chi connectivity index (χ1v) is 6.63. The van der Waals surface area contributed by atoms with Gasteiger partial charge in [-0.15, -0.1) is 0 Å². The lowest BCUT2D eigenvalue weighted by molar-refractivity contribution is 0.0260. The average Bonchev–Trinajstić information content (AvgIpc) is 2.43. The van der Waals surface area contributed by atoms with Crippen molar-refractivity contribution in [2.24, 2.45) is 5.92 Å². The Balaban J connectivity index is 1.73. The standard InChI is InChI=1S/C15H20O3/c1-16-12-3-5-14-10(8-12)7-11-9-13(17-2)4-6-15(11)18-14/h3-4,10,14H,5-9H2,1-2H3. The molecule has 0 saturated heterocycles. The van der Waals surface area contributed by atoms with Crippen molar-refractivity contribution in [3.63, 3.8) is 0 Å². The molecule has 0 aromatic carbocycles. The fourth-order valence-corrected chi connectivity index (χ4v) is 3.13. The summed E-state index contributed by atoms with van der Waals surface area (Å²) in [5, 5.41) is 0. The van der Waals surface area contributed by atoms with Crippen molar-refractivity contribution in [3.8, 4) is 0 Å². The number of hydrogen-bond acceptors (Lipinski definition) is 3. The molecular weight excluding hydrogens is 228 g/mol. The van der Waals surface area contributed by atoms with E-state index in [0.29, 0.717) is 12.0 Å². The van der Waals surface area contributed by atoms with Gasteiger partial charge in [-0.05, 0) is 24.1 Å². The Kier molecular flexibility index (Phi) is 3.06. The van der Waals surface area contributed by atoms with Gasteiger partial charge in [0.1, 0.15) is 6.10 Å². The summed E-state index contributed by atoms with van der Waals surface area (Å²) in [7, 11) is 3.50. The Labute approximate surface area is 108 Å². The van der Waals surface area contributed by atoms with Gasteiger partial charge in [-0.25, -0.2) is 0 Å². The molecule has 2 unspecified atom stereocenters. The van der Waals surface area contributed by atoms with Gasteiger partial charge in [0.15, 0.2) is 0 Å². The van der Waals surface area contributed by atoms with Crippen LogP contribution in [-0.2, 0) is 14.2 Å². The highest BCUT2D eigenvalue weighted by Gasteiger charge is 2.35. The van der Waals surface area contributed by atoms with Crippen molar-refractivity contribution >= 4 is 0 Å². The van der Waals surface area contributed by atoms with Crippen LogP contribution in [0.25, 0.3) is 0 Å². The Morgan fingerprint density at radius 3 is 2.72 bits per heavy atom. The van der Waals surface area contributed by atoms with Gasteiger partial charge in [0, 0.05) is 31.6 Å². The first-order chi connectivity index (χ1) is 8.80. The molecule has 0 fully saturated rings. The van der Waals surface area contributed by atoms with Crippen LogP contribution in [0, 0.1) is 5.92 Å². The second kappa shape index (κ2) is 4.71. The second-order valence-electron chi connectivity index (χ2n) is 5.22. The van der Waals surface area contributed by atoms with Crippen molar-refractivity contribution in [1.29, 1.82) is 0 Å². The van der Waals surface area contributed by atoms with Gasteiger partial charge in [-0.2, -0.15) is 0 Å². The first kappa shape index (κ1) is 11.7. The highest BCUT2D eigenvalue weighted by Crippen LogP contribution is 2.42. The summed E-state index contributed by atoms with van der Waals surface area (Å²) in [5.41, 5.74) is 1.42. The zero-order chi connectivity index (χ0) is 12.5. The van der Waals surface area contributed by atoms with Crippen LogP contribution in [0.5, 0.6) is 0 Å². The molecule has 0 aromatic rings. The molecule has 18 heavy (non-hydrogen) atoms. The molecule has 0 radical (unpaired) electrons. The lowest BCUT2D eigenvalue weighted by Crippen LogP contribution is -2.32. The fourth-order valence-electron chi connectivity index (χ4n) is 3.13. The minimum atomic E-state index is 0.347. The summed E-state index contributed by atoms with van der Waals surface area (Å²) in [6, 6.07) is 0. The third-order valence-corrected chi connectivity index (χ3v) is 4.19. The molecule has 0 saturated carbocycles. The van der Waals surface area contributed by atoms with E-state index in [-0.39, 0.29) is 0 Å². The minimum absolute atomic E-state index is 0.347. The van der Waals surface area contributed by atoms with Crippen molar-refractivity contribution < 1.29 is 14.2 Å². The van der Waals surface area contributed by atoms with Gasteiger partial charge < -0.3 is 14.2 Å². The van der Waals surface area contributed by atoms with Gasteiger partial charge in [0.05, 0.1) is 31.5 Å². The summed E-state index contributed by atoms with van der Waals surface area (Å²) in [6.07, 6.45) is 9.57. The van der Waals surface area contributed by atoms with Crippen LogP contribution in [0.4, 0.5) is 0 Å². The van der Waals surface area contributed by atoms with Gasteiger partial charge in [-0.3, -0.25) is 0 Å². The summed E-state index contributed by atoms with van der Waals surface area (Å²) in [5.74, 6) is 3.95. The van der Waals surface area contributed by atoms with Gasteiger partial charge >= 0.3 is 0 Å². The maximum atomic E-state index is 6.16. The molecule has 0 spiro atoms. The van der Waals surface area contributed by atoms with E-state index in [4.69, 9.17) is 14.2 Å². The molecule has 3 nitrogen and oxygen atoms in total. The van der Waals surface area contributed by atoms with Gasteiger partial charge in [-0.1, -0.05) is 0 Å². The van der Waals surface area contributed by atoms with E-state index < -0.39 is 0 Å². The zero-order valence-electron chi connectivity index (χ0n) is 11.1. The summed E-state index contributed by atoms with van der Waals surface area (Å²) < 4.78 is 16.9. The lowest BCUT2D eigenvalue weighted by atomic mass is 9.80. The van der Waals surface area contributed by atoms with Crippen molar-refractivity contribution in [2.75, 3.05) is 14.2 Å². The molecule has 0 N–H and O–H groups in total. The predicted octanol–water partition coefficient (Wildman–Crippen LogP) is 3.29. The molecule has 1 heterocycles. The number of fused-ring (bicyclic) bond motifs is 1. The van der Waals surface area contributed by atoms with E-state index in [0.717, 1.165) is 43.6 Å². The molecule has 3 rings (SSSR count). The van der Waals surface area contributed by atoms with Gasteiger partial charge in [0.2, 0.25) is 0 Å². The van der Waals surface area contributed by atoms with Crippen molar-refractivity contribution in [1.82, 2.24) is 0 Å². The Morgan fingerprint density at radius 1 is 1.11 bits per heavy atom. The minimum Gasteiger partial charge on any atom is -0.501 e. The molecule has 1 aliphatic heterocycles. The SMILES string of the molecule is COC1=CCC2=C(C1)CC1CC(OC)=CCC1O2. The molecule has 0 bridgehead atoms. The smallest absolute Gasteiger partial charge is 0.105 e.